The fourth-order valence-corrected chi connectivity index (χ4v) is 4.20. The molecular weight excluding hydrogens is 310 g/mol. The van der Waals surface area contributed by atoms with E-state index in [9.17, 15) is 8.42 Å². The van der Waals surface area contributed by atoms with Crippen molar-refractivity contribution in [3.63, 3.8) is 0 Å². The highest BCUT2D eigenvalue weighted by atomic mass is 35.5. The van der Waals surface area contributed by atoms with Gasteiger partial charge in [0, 0.05) is 12.2 Å². The lowest BCUT2D eigenvalue weighted by atomic mass is 10.2. The smallest absolute Gasteiger partial charge is 0.184 e. The minimum Gasteiger partial charge on any atom is -0.399 e. The van der Waals surface area contributed by atoms with Gasteiger partial charge in [0.1, 0.15) is 0 Å². The van der Waals surface area contributed by atoms with E-state index in [0.717, 1.165) is 0 Å². The molecule has 0 aliphatic heterocycles. The lowest BCUT2D eigenvalue weighted by Crippen LogP contribution is -2.12. The van der Waals surface area contributed by atoms with Crippen LogP contribution in [0.1, 0.15) is 23.9 Å². The van der Waals surface area contributed by atoms with Gasteiger partial charge in [0.15, 0.2) is 9.84 Å². The molecule has 0 amide bonds. The highest BCUT2D eigenvalue weighted by molar-refractivity contribution is 7.90. The number of halogens is 1. The second kappa shape index (κ2) is 5.69. The van der Waals surface area contributed by atoms with Crippen LogP contribution in [0.2, 0.25) is 5.02 Å². The fraction of sp³-hybridized carbons (Fsp3) is 0.357. The number of nitrogens with zero attached hydrogens (tertiary/aromatic N) is 2. The van der Waals surface area contributed by atoms with Crippen LogP contribution in [-0.2, 0) is 22.1 Å². The van der Waals surface area contributed by atoms with Crippen molar-refractivity contribution in [3.8, 4) is 0 Å². The van der Waals surface area contributed by atoms with E-state index in [0.29, 0.717) is 34.2 Å². The molecule has 0 bridgehead atoms. The van der Waals surface area contributed by atoms with E-state index >= 15 is 0 Å². The summed E-state index contributed by atoms with van der Waals surface area (Å²) in [6.07, 6.45) is 0. The molecule has 114 valence electrons. The molecule has 1 aromatic carbocycles. The molecule has 0 saturated carbocycles. The molecule has 0 saturated heterocycles. The van der Waals surface area contributed by atoms with Gasteiger partial charge in [-0.05, 0) is 44.5 Å². The summed E-state index contributed by atoms with van der Waals surface area (Å²) in [7, 11) is -3.50. The third kappa shape index (κ3) is 3.06. The summed E-state index contributed by atoms with van der Waals surface area (Å²) in [4.78, 5) is 0.272. The third-order valence-corrected chi connectivity index (χ3v) is 5.59. The normalized spacial score (nSPS) is 11.8. The summed E-state index contributed by atoms with van der Waals surface area (Å²) in [6, 6.07) is 4.77. The van der Waals surface area contributed by atoms with E-state index in [4.69, 9.17) is 17.3 Å². The number of benzene rings is 1. The largest absolute Gasteiger partial charge is 0.399 e. The van der Waals surface area contributed by atoms with Gasteiger partial charge in [-0.3, -0.25) is 4.68 Å². The molecule has 21 heavy (non-hydrogen) atoms. The highest BCUT2D eigenvalue weighted by Crippen LogP contribution is 2.27. The van der Waals surface area contributed by atoms with E-state index in [1.165, 1.54) is 6.07 Å². The summed E-state index contributed by atoms with van der Waals surface area (Å²) in [5.74, 6) is -0.175. The van der Waals surface area contributed by atoms with Crippen molar-refractivity contribution in [2.75, 3.05) is 5.73 Å². The van der Waals surface area contributed by atoms with Crippen LogP contribution < -0.4 is 5.73 Å². The van der Waals surface area contributed by atoms with Gasteiger partial charge in [0.25, 0.3) is 0 Å². The van der Waals surface area contributed by atoms with E-state index in [-0.39, 0.29) is 10.6 Å². The fourth-order valence-electron chi connectivity index (χ4n) is 2.29. The maximum Gasteiger partial charge on any atom is 0.184 e. The summed E-state index contributed by atoms with van der Waals surface area (Å²) in [5, 5.41) is 4.65. The average Bonchev–Trinajstić information content (AvgIpc) is 2.65. The number of hydrogen-bond donors (Lipinski definition) is 1. The van der Waals surface area contributed by atoms with Crippen LogP contribution in [0, 0.1) is 13.8 Å². The van der Waals surface area contributed by atoms with Crippen LogP contribution >= 0.6 is 11.6 Å². The molecule has 0 unspecified atom stereocenters. The molecule has 0 aliphatic carbocycles. The highest BCUT2D eigenvalue weighted by Gasteiger charge is 2.23. The quantitative estimate of drug-likeness (QED) is 0.876. The van der Waals surface area contributed by atoms with Crippen LogP contribution in [0.15, 0.2) is 23.1 Å². The first-order chi connectivity index (χ1) is 9.76. The van der Waals surface area contributed by atoms with Gasteiger partial charge < -0.3 is 5.73 Å². The molecule has 0 aliphatic rings. The van der Waals surface area contributed by atoms with E-state index in [1.54, 1.807) is 30.7 Å². The third-order valence-electron chi connectivity index (χ3n) is 3.31. The molecule has 5 nitrogen and oxygen atoms in total. The Bertz CT molecular complexity index is 782. The topological polar surface area (TPSA) is 78.0 Å². The minimum atomic E-state index is -3.50. The first kappa shape index (κ1) is 15.9. The summed E-state index contributed by atoms with van der Waals surface area (Å²) in [6.45, 7) is 5.96. The lowest BCUT2D eigenvalue weighted by molar-refractivity contribution is 0.585. The van der Waals surface area contributed by atoms with Gasteiger partial charge in [-0.1, -0.05) is 11.6 Å². The van der Waals surface area contributed by atoms with Crippen molar-refractivity contribution >= 4 is 27.1 Å². The minimum absolute atomic E-state index is 0.175. The van der Waals surface area contributed by atoms with Gasteiger partial charge in [0.2, 0.25) is 0 Å². The Morgan fingerprint density at radius 3 is 2.57 bits per heavy atom. The number of rotatable bonds is 4. The number of anilines is 1. The number of nitrogens with two attached hydrogens (primary N) is 1. The number of sulfone groups is 1. The predicted octanol–water partition coefficient (Wildman–Crippen LogP) is 2.73. The molecule has 1 aromatic heterocycles. The van der Waals surface area contributed by atoms with E-state index < -0.39 is 9.84 Å². The van der Waals surface area contributed by atoms with Crippen LogP contribution in [0.3, 0.4) is 0 Å². The van der Waals surface area contributed by atoms with Crippen molar-refractivity contribution in [2.24, 2.45) is 0 Å². The summed E-state index contributed by atoms with van der Waals surface area (Å²) < 4.78 is 26.9. The average molecular weight is 328 g/mol. The van der Waals surface area contributed by atoms with Gasteiger partial charge in [-0.25, -0.2) is 8.42 Å². The Morgan fingerprint density at radius 1 is 1.33 bits per heavy atom. The Balaban J connectivity index is 2.47. The van der Waals surface area contributed by atoms with Crippen LogP contribution in [0.25, 0.3) is 0 Å². The zero-order valence-electron chi connectivity index (χ0n) is 12.2. The zero-order valence-corrected chi connectivity index (χ0v) is 13.8. The zero-order chi connectivity index (χ0) is 15.8. The van der Waals surface area contributed by atoms with Crippen LogP contribution in [-0.4, -0.2) is 18.2 Å². The van der Waals surface area contributed by atoms with E-state index in [1.807, 2.05) is 6.92 Å². The van der Waals surface area contributed by atoms with Gasteiger partial charge >= 0.3 is 0 Å². The molecule has 0 radical (unpaired) electrons. The maximum absolute atomic E-state index is 12.6. The van der Waals surface area contributed by atoms with Crippen molar-refractivity contribution < 1.29 is 8.42 Å². The first-order valence-electron chi connectivity index (χ1n) is 6.57. The van der Waals surface area contributed by atoms with Gasteiger partial charge in [0.05, 0.1) is 27.1 Å². The van der Waals surface area contributed by atoms with Gasteiger partial charge in [-0.2, -0.15) is 5.10 Å². The second-order valence-corrected chi connectivity index (χ2v) is 7.28. The monoisotopic (exact) mass is 327 g/mol. The van der Waals surface area contributed by atoms with Crippen molar-refractivity contribution in [3.05, 3.63) is 40.2 Å². The Morgan fingerprint density at radius 2 is 2.00 bits per heavy atom. The molecule has 2 rings (SSSR count). The van der Waals surface area contributed by atoms with Crippen LogP contribution in [0.5, 0.6) is 0 Å². The number of nitrogen functional groups attached to an aromatic ring is 1. The standard InChI is InChI=1S/C14H18ClN3O2S/c1-4-18-12(14(15)10(3)17-18)8-21(19,20)13-6-5-11(16)7-9(13)2/h5-7H,4,8,16H2,1-3H3. The molecule has 0 fully saturated rings. The molecule has 2 N–H and O–H groups in total. The molecule has 1 heterocycles. The molecule has 0 atom stereocenters. The summed E-state index contributed by atoms with van der Waals surface area (Å²) >= 11 is 6.18. The SMILES string of the molecule is CCn1nc(C)c(Cl)c1CS(=O)(=O)c1ccc(N)cc1C. The Kier molecular flexibility index (Phi) is 4.30. The number of hydrogen-bond acceptors (Lipinski definition) is 4. The molecule has 7 heteroatoms. The molecule has 0 spiro atoms. The maximum atomic E-state index is 12.6. The number of aryl methyl sites for hydroxylation is 3. The first-order valence-corrected chi connectivity index (χ1v) is 8.60. The molecule has 2 aromatic rings. The van der Waals surface area contributed by atoms with Crippen molar-refractivity contribution in [1.82, 2.24) is 9.78 Å². The molecular formula is C14H18ClN3O2S. The predicted molar refractivity (Wildman–Crippen MR) is 84.1 cm³/mol. The Labute approximate surface area is 129 Å². The van der Waals surface area contributed by atoms with Crippen molar-refractivity contribution in [2.45, 2.75) is 38.0 Å². The summed E-state index contributed by atoms with van der Waals surface area (Å²) in [5.41, 5.74) is 8.00. The lowest BCUT2D eigenvalue weighted by Gasteiger charge is -2.10. The van der Waals surface area contributed by atoms with Crippen LogP contribution in [0.4, 0.5) is 5.69 Å². The van der Waals surface area contributed by atoms with Gasteiger partial charge in [-0.15, -0.1) is 0 Å². The second-order valence-electron chi connectivity index (χ2n) is 4.95. The Hall–Kier alpha value is -1.53. The van der Waals surface area contributed by atoms with Crippen molar-refractivity contribution in [1.29, 1.82) is 0 Å². The number of aromatic nitrogens is 2. The van der Waals surface area contributed by atoms with E-state index in [2.05, 4.69) is 5.10 Å².